The molecule has 1 amide bonds. The third kappa shape index (κ3) is 3.12. The van der Waals surface area contributed by atoms with Gasteiger partial charge in [-0.05, 0) is 37.1 Å². The number of amides is 1. The van der Waals surface area contributed by atoms with Crippen LogP contribution in [0.1, 0.15) is 17.0 Å². The Kier molecular flexibility index (Phi) is 4.28. The molecule has 0 fully saturated rings. The molecule has 0 unspecified atom stereocenters. The second-order valence-corrected chi connectivity index (χ2v) is 7.89. The van der Waals surface area contributed by atoms with Gasteiger partial charge in [0.2, 0.25) is 5.91 Å². The molecule has 0 radical (unpaired) electrons. The maximum atomic E-state index is 12.8. The molecule has 1 atom stereocenters. The highest BCUT2D eigenvalue weighted by Gasteiger charge is 2.30. The van der Waals surface area contributed by atoms with Crippen molar-refractivity contribution in [3.8, 4) is 0 Å². The van der Waals surface area contributed by atoms with Crippen LogP contribution in [0, 0.1) is 6.92 Å². The first-order valence-electron chi connectivity index (χ1n) is 8.50. The van der Waals surface area contributed by atoms with Crippen molar-refractivity contribution in [2.45, 2.75) is 30.0 Å². The van der Waals surface area contributed by atoms with Crippen molar-refractivity contribution in [1.29, 1.82) is 0 Å². The van der Waals surface area contributed by atoms with Gasteiger partial charge >= 0.3 is 0 Å². The summed E-state index contributed by atoms with van der Waals surface area (Å²) in [5.74, 6) is 0.556. The van der Waals surface area contributed by atoms with E-state index in [1.807, 2.05) is 18.2 Å². The number of hydrogen-bond acceptors (Lipinski definition) is 4. The lowest BCUT2D eigenvalue weighted by atomic mass is 10.1. The minimum atomic E-state index is -0.176. The first-order valence-corrected chi connectivity index (χ1v) is 9.38. The van der Waals surface area contributed by atoms with Gasteiger partial charge in [-0.2, -0.15) is 0 Å². The highest BCUT2D eigenvalue weighted by molar-refractivity contribution is 8.01. The number of thioether (sulfide) groups is 1. The molecule has 1 N–H and O–H groups in total. The van der Waals surface area contributed by atoms with Crippen molar-refractivity contribution in [2.24, 2.45) is 0 Å². The van der Waals surface area contributed by atoms with Gasteiger partial charge in [-0.3, -0.25) is 9.59 Å². The summed E-state index contributed by atoms with van der Waals surface area (Å²) in [5, 5.41) is 0.436. The molecule has 5 nitrogen and oxygen atoms in total. The van der Waals surface area contributed by atoms with Crippen molar-refractivity contribution < 1.29 is 4.79 Å². The zero-order chi connectivity index (χ0) is 18.3. The van der Waals surface area contributed by atoms with Crippen molar-refractivity contribution in [2.75, 3.05) is 7.05 Å². The topological polar surface area (TPSA) is 66.1 Å². The number of nitrogens with zero attached hydrogens (tertiary/aromatic N) is 2. The molecule has 4 rings (SSSR count). The lowest BCUT2D eigenvalue weighted by Crippen LogP contribution is -2.35. The van der Waals surface area contributed by atoms with Crippen LogP contribution in [0.2, 0.25) is 0 Å². The Bertz CT molecular complexity index is 1060. The lowest BCUT2D eigenvalue weighted by molar-refractivity contribution is -0.129. The standard InChI is InChI=1S/C20H19N3O2S/c1-12-7-8-13-10-17(26-16(13)9-12)20(25)23(2)11-18-21-15-6-4-3-5-14(15)19(24)22-18/h3-9,17H,10-11H2,1-2H3,(H,21,22,24)/t17-/m1/s1. The fraction of sp³-hybridized carbons (Fsp3) is 0.250. The average molecular weight is 365 g/mol. The largest absolute Gasteiger partial charge is 0.337 e. The number of rotatable bonds is 3. The van der Waals surface area contributed by atoms with E-state index < -0.39 is 0 Å². The fourth-order valence-corrected chi connectivity index (χ4v) is 4.64. The minimum Gasteiger partial charge on any atom is -0.337 e. The predicted octanol–water partition coefficient (Wildman–Crippen LogP) is 2.91. The summed E-state index contributed by atoms with van der Waals surface area (Å²) in [7, 11) is 1.76. The summed E-state index contributed by atoms with van der Waals surface area (Å²) < 4.78 is 0. The minimum absolute atomic E-state index is 0.0552. The third-order valence-corrected chi connectivity index (χ3v) is 5.88. The van der Waals surface area contributed by atoms with E-state index in [-0.39, 0.29) is 23.3 Å². The summed E-state index contributed by atoms with van der Waals surface area (Å²) in [6.07, 6.45) is 0.741. The van der Waals surface area contributed by atoms with E-state index in [2.05, 4.69) is 35.1 Å². The number of aromatic amines is 1. The van der Waals surface area contributed by atoms with E-state index >= 15 is 0 Å². The van der Waals surface area contributed by atoms with Crippen LogP contribution in [-0.4, -0.2) is 33.1 Å². The summed E-state index contributed by atoms with van der Waals surface area (Å²) in [6.45, 7) is 2.34. The number of carbonyl (C=O) groups excluding carboxylic acids is 1. The number of aryl methyl sites for hydroxylation is 1. The molecule has 26 heavy (non-hydrogen) atoms. The van der Waals surface area contributed by atoms with E-state index in [0.29, 0.717) is 16.7 Å². The van der Waals surface area contributed by atoms with Crippen molar-refractivity contribution in [3.05, 3.63) is 69.8 Å². The second-order valence-electron chi connectivity index (χ2n) is 6.65. The summed E-state index contributed by atoms with van der Waals surface area (Å²) in [6, 6.07) is 13.5. The summed E-state index contributed by atoms with van der Waals surface area (Å²) in [4.78, 5) is 35.1. The van der Waals surface area contributed by atoms with Crippen LogP contribution < -0.4 is 5.56 Å². The molecule has 3 aromatic rings. The molecule has 0 bridgehead atoms. The maximum Gasteiger partial charge on any atom is 0.258 e. The Morgan fingerprint density at radius 1 is 1.31 bits per heavy atom. The first-order chi connectivity index (χ1) is 12.5. The molecule has 1 aliphatic heterocycles. The van der Waals surface area contributed by atoms with Crippen LogP contribution in [0.3, 0.4) is 0 Å². The van der Waals surface area contributed by atoms with E-state index in [1.165, 1.54) is 16.0 Å². The van der Waals surface area contributed by atoms with Crippen LogP contribution in [-0.2, 0) is 17.8 Å². The van der Waals surface area contributed by atoms with Gasteiger partial charge in [-0.15, -0.1) is 11.8 Å². The van der Waals surface area contributed by atoms with Crippen LogP contribution in [0.15, 0.2) is 52.2 Å². The predicted molar refractivity (Wildman–Crippen MR) is 103 cm³/mol. The lowest BCUT2D eigenvalue weighted by Gasteiger charge is -2.20. The van der Waals surface area contributed by atoms with Crippen molar-refractivity contribution in [3.63, 3.8) is 0 Å². The number of H-pyrrole nitrogens is 1. The zero-order valence-electron chi connectivity index (χ0n) is 14.7. The second kappa shape index (κ2) is 6.61. The molecular formula is C20H19N3O2S. The quantitative estimate of drug-likeness (QED) is 0.775. The molecule has 6 heteroatoms. The Morgan fingerprint density at radius 3 is 2.96 bits per heavy atom. The number of carbonyl (C=O) groups is 1. The van der Waals surface area contributed by atoms with E-state index in [9.17, 15) is 9.59 Å². The van der Waals surface area contributed by atoms with Crippen LogP contribution in [0.4, 0.5) is 0 Å². The molecule has 0 saturated carbocycles. The summed E-state index contributed by atoms with van der Waals surface area (Å²) >= 11 is 1.62. The van der Waals surface area contributed by atoms with Gasteiger partial charge in [0.25, 0.3) is 5.56 Å². The molecule has 0 spiro atoms. The van der Waals surface area contributed by atoms with Gasteiger partial charge in [0.1, 0.15) is 5.82 Å². The van der Waals surface area contributed by atoms with Gasteiger partial charge in [0.05, 0.1) is 22.7 Å². The first kappa shape index (κ1) is 16.8. The van der Waals surface area contributed by atoms with Crippen molar-refractivity contribution in [1.82, 2.24) is 14.9 Å². The number of para-hydroxylation sites is 1. The highest BCUT2D eigenvalue weighted by atomic mass is 32.2. The van der Waals surface area contributed by atoms with Gasteiger partial charge < -0.3 is 9.88 Å². The SMILES string of the molecule is Cc1ccc2c(c1)S[C@@H](C(=O)N(C)Cc1nc3ccccc3c(=O)[nH]1)C2. The number of benzene rings is 2. The van der Waals surface area contributed by atoms with Gasteiger partial charge in [0.15, 0.2) is 0 Å². The maximum absolute atomic E-state index is 12.8. The molecule has 0 saturated heterocycles. The van der Waals surface area contributed by atoms with Crippen LogP contribution in [0.25, 0.3) is 10.9 Å². The van der Waals surface area contributed by atoms with E-state index in [4.69, 9.17) is 0 Å². The molecule has 132 valence electrons. The van der Waals surface area contributed by atoms with Crippen LogP contribution >= 0.6 is 11.8 Å². The highest BCUT2D eigenvalue weighted by Crippen LogP contribution is 2.38. The van der Waals surface area contributed by atoms with E-state index in [0.717, 1.165) is 6.42 Å². The number of nitrogens with one attached hydrogen (secondary N) is 1. The number of aromatic nitrogens is 2. The average Bonchev–Trinajstić information content (AvgIpc) is 3.04. The zero-order valence-corrected chi connectivity index (χ0v) is 15.5. The molecular weight excluding hydrogens is 346 g/mol. The molecule has 2 aromatic carbocycles. The normalized spacial score (nSPS) is 15.8. The third-order valence-electron chi connectivity index (χ3n) is 4.60. The Morgan fingerprint density at radius 2 is 2.12 bits per heavy atom. The molecule has 1 aromatic heterocycles. The summed E-state index contributed by atoms with van der Waals surface area (Å²) in [5.41, 5.74) is 2.90. The van der Waals surface area contributed by atoms with Gasteiger partial charge in [-0.25, -0.2) is 4.98 Å². The van der Waals surface area contributed by atoms with Crippen LogP contribution in [0.5, 0.6) is 0 Å². The number of hydrogen-bond donors (Lipinski definition) is 1. The molecule has 2 heterocycles. The smallest absolute Gasteiger partial charge is 0.258 e. The Hall–Kier alpha value is -2.60. The molecule has 0 aliphatic carbocycles. The molecule has 1 aliphatic rings. The van der Waals surface area contributed by atoms with Gasteiger partial charge in [0, 0.05) is 11.9 Å². The fourth-order valence-electron chi connectivity index (χ4n) is 3.23. The monoisotopic (exact) mass is 365 g/mol. The Labute approximate surface area is 155 Å². The van der Waals surface area contributed by atoms with Gasteiger partial charge in [-0.1, -0.05) is 29.8 Å². The van der Waals surface area contributed by atoms with E-state index in [1.54, 1.807) is 29.8 Å². The Balaban J connectivity index is 1.51. The number of fused-ring (bicyclic) bond motifs is 2. The van der Waals surface area contributed by atoms with Crippen molar-refractivity contribution >= 4 is 28.6 Å².